The topological polar surface area (TPSA) is 49.4 Å². The molecule has 1 aliphatic carbocycles. The Labute approximate surface area is 194 Å². The van der Waals surface area contributed by atoms with Crippen LogP contribution in [-0.2, 0) is 17.6 Å². The molecule has 31 heavy (non-hydrogen) atoms. The molecule has 3 aromatic rings. The number of thioether (sulfide) groups is 1. The first-order valence-corrected chi connectivity index (χ1v) is 12.1. The van der Waals surface area contributed by atoms with E-state index < -0.39 is 0 Å². The van der Waals surface area contributed by atoms with Gasteiger partial charge in [0, 0.05) is 21.4 Å². The number of amides is 2. The SMILES string of the molecule is O=C(Nc1ccc([C@H]2SCC(=O)N2c2ccc3c(c2)CCC3)cc1)c1cccc(Br)c1. The maximum absolute atomic E-state index is 12.7. The number of hydrogen-bond acceptors (Lipinski definition) is 3. The van der Waals surface area contributed by atoms with Gasteiger partial charge in [-0.15, -0.1) is 11.8 Å². The van der Waals surface area contributed by atoms with Crippen LogP contribution in [0.1, 0.15) is 38.8 Å². The van der Waals surface area contributed by atoms with Crippen LogP contribution in [0, 0.1) is 0 Å². The molecule has 2 amide bonds. The molecule has 3 aromatic carbocycles. The fourth-order valence-corrected chi connectivity index (χ4v) is 5.80. The van der Waals surface area contributed by atoms with Crippen molar-refractivity contribution in [3.05, 3.63) is 93.5 Å². The van der Waals surface area contributed by atoms with Crippen molar-refractivity contribution in [2.75, 3.05) is 16.0 Å². The molecular weight excluding hydrogens is 472 g/mol. The molecule has 0 aromatic heterocycles. The third-order valence-corrected chi connectivity index (χ3v) is 7.47. The van der Waals surface area contributed by atoms with Gasteiger partial charge in [-0.05, 0) is 78.4 Å². The number of nitrogens with zero attached hydrogens (tertiary/aromatic N) is 1. The first-order valence-electron chi connectivity index (χ1n) is 10.3. The molecular formula is C25H21BrN2O2S. The van der Waals surface area contributed by atoms with Gasteiger partial charge in [-0.25, -0.2) is 0 Å². The lowest BCUT2D eigenvalue weighted by atomic mass is 10.1. The van der Waals surface area contributed by atoms with Gasteiger partial charge in [-0.2, -0.15) is 0 Å². The highest BCUT2D eigenvalue weighted by atomic mass is 79.9. The van der Waals surface area contributed by atoms with Gasteiger partial charge in [-0.3, -0.25) is 14.5 Å². The van der Waals surface area contributed by atoms with E-state index in [9.17, 15) is 9.59 Å². The van der Waals surface area contributed by atoms with E-state index in [1.165, 1.54) is 17.5 Å². The summed E-state index contributed by atoms with van der Waals surface area (Å²) in [5.41, 5.74) is 6.13. The van der Waals surface area contributed by atoms with Crippen LogP contribution < -0.4 is 10.2 Å². The van der Waals surface area contributed by atoms with Crippen molar-refractivity contribution in [1.29, 1.82) is 0 Å². The van der Waals surface area contributed by atoms with Crippen molar-refractivity contribution in [2.45, 2.75) is 24.6 Å². The standard InChI is InChI=1S/C25H21BrN2O2S/c26-20-6-2-5-19(13-20)24(30)27-21-10-7-17(8-11-21)25-28(23(29)15-31-25)22-12-9-16-3-1-4-18(16)14-22/h2,5-14,25H,1,3-4,15H2,(H,27,30)/t25-/m1/s1. The van der Waals surface area contributed by atoms with Crippen molar-refractivity contribution in [3.8, 4) is 0 Å². The predicted molar refractivity (Wildman–Crippen MR) is 130 cm³/mol. The van der Waals surface area contributed by atoms with Crippen LogP contribution in [0.3, 0.4) is 0 Å². The maximum atomic E-state index is 12.7. The number of carbonyl (C=O) groups excluding carboxylic acids is 2. The van der Waals surface area contributed by atoms with Gasteiger partial charge >= 0.3 is 0 Å². The van der Waals surface area contributed by atoms with E-state index in [-0.39, 0.29) is 17.2 Å². The summed E-state index contributed by atoms with van der Waals surface area (Å²) < 4.78 is 0.866. The second-order valence-corrected chi connectivity index (χ2v) is 9.80. The van der Waals surface area contributed by atoms with E-state index in [0.29, 0.717) is 11.3 Å². The molecule has 0 bridgehead atoms. The zero-order valence-electron chi connectivity index (χ0n) is 16.8. The number of rotatable bonds is 4. The van der Waals surface area contributed by atoms with Gasteiger partial charge in [0.05, 0.1) is 5.75 Å². The minimum absolute atomic E-state index is 0.0539. The molecule has 2 aliphatic rings. The molecule has 1 heterocycles. The van der Waals surface area contributed by atoms with E-state index in [1.807, 2.05) is 41.3 Å². The third-order valence-electron chi connectivity index (χ3n) is 5.77. The fourth-order valence-electron chi connectivity index (χ4n) is 4.22. The number of aryl methyl sites for hydroxylation is 2. The minimum Gasteiger partial charge on any atom is -0.322 e. The number of anilines is 2. The van der Waals surface area contributed by atoms with Crippen molar-refractivity contribution < 1.29 is 9.59 Å². The van der Waals surface area contributed by atoms with Gasteiger partial charge in [0.2, 0.25) is 5.91 Å². The Kier molecular flexibility index (Phi) is 5.59. The Morgan fingerprint density at radius 2 is 1.81 bits per heavy atom. The molecule has 1 atom stereocenters. The lowest BCUT2D eigenvalue weighted by Gasteiger charge is -2.25. The molecule has 156 valence electrons. The van der Waals surface area contributed by atoms with Crippen LogP contribution in [0.2, 0.25) is 0 Å². The highest BCUT2D eigenvalue weighted by molar-refractivity contribution is 9.10. The zero-order chi connectivity index (χ0) is 21.4. The molecule has 4 nitrogen and oxygen atoms in total. The summed E-state index contributed by atoms with van der Waals surface area (Å²) in [4.78, 5) is 27.1. The van der Waals surface area contributed by atoms with Gasteiger partial charge < -0.3 is 5.32 Å². The van der Waals surface area contributed by atoms with Crippen LogP contribution in [-0.4, -0.2) is 17.6 Å². The van der Waals surface area contributed by atoms with Crippen LogP contribution in [0.15, 0.2) is 71.2 Å². The molecule has 0 unspecified atom stereocenters. The number of fused-ring (bicyclic) bond motifs is 1. The monoisotopic (exact) mass is 492 g/mol. The van der Waals surface area contributed by atoms with Crippen molar-refractivity contribution >= 4 is 50.9 Å². The number of halogens is 1. The predicted octanol–water partition coefficient (Wildman–Crippen LogP) is 5.97. The highest BCUT2D eigenvalue weighted by Gasteiger charge is 2.34. The van der Waals surface area contributed by atoms with Crippen LogP contribution >= 0.6 is 27.7 Å². The molecule has 1 fully saturated rings. The van der Waals surface area contributed by atoms with Gasteiger partial charge in [0.1, 0.15) is 5.37 Å². The molecule has 1 N–H and O–H groups in total. The fraction of sp³-hybridized carbons (Fsp3) is 0.200. The number of carbonyl (C=O) groups is 2. The van der Waals surface area contributed by atoms with Crippen molar-refractivity contribution in [3.63, 3.8) is 0 Å². The molecule has 5 rings (SSSR count). The quantitative estimate of drug-likeness (QED) is 0.488. The van der Waals surface area contributed by atoms with Crippen LogP contribution in [0.4, 0.5) is 11.4 Å². The Bertz CT molecular complexity index is 1160. The van der Waals surface area contributed by atoms with Crippen LogP contribution in [0.5, 0.6) is 0 Å². The number of nitrogens with one attached hydrogen (secondary N) is 1. The normalized spacial score (nSPS) is 17.6. The highest BCUT2D eigenvalue weighted by Crippen LogP contribution is 2.43. The van der Waals surface area contributed by atoms with E-state index in [1.54, 1.807) is 23.9 Å². The Hall–Kier alpha value is -2.57. The summed E-state index contributed by atoms with van der Waals surface area (Å²) in [7, 11) is 0. The Morgan fingerprint density at radius 3 is 2.61 bits per heavy atom. The largest absolute Gasteiger partial charge is 0.322 e. The van der Waals surface area contributed by atoms with Gasteiger partial charge in [-0.1, -0.05) is 40.2 Å². The first kappa shape index (κ1) is 20.3. The number of hydrogen-bond donors (Lipinski definition) is 1. The second kappa shape index (κ2) is 8.52. The third kappa shape index (κ3) is 4.14. The number of benzene rings is 3. The maximum Gasteiger partial charge on any atom is 0.255 e. The summed E-state index contributed by atoms with van der Waals surface area (Å²) in [5.74, 6) is 0.461. The van der Waals surface area contributed by atoms with Crippen LogP contribution in [0.25, 0.3) is 0 Å². The van der Waals surface area contributed by atoms with Crippen molar-refractivity contribution in [1.82, 2.24) is 0 Å². The zero-order valence-corrected chi connectivity index (χ0v) is 19.2. The van der Waals surface area contributed by atoms with Gasteiger partial charge in [0.25, 0.3) is 5.91 Å². The lowest BCUT2D eigenvalue weighted by Crippen LogP contribution is -2.27. The average Bonchev–Trinajstić information content (AvgIpc) is 3.40. The van der Waals surface area contributed by atoms with E-state index >= 15 is 0 Å². The Morgan fingerprint density at radius 1 is 1.00 bits per heavy atom. The Balaban J connectivity index is 1.35. The van der Waals surface area contributed by atoms with Crippen molar-refractivity contribution in [2.24, 2.45) is 0 Å². The molecule has 1 saturated heterocycles. The summed E-state index contributed by atoms with van der Waals surface area (Å²) >= 11 is 5.04. The van der Waals surface area contributed by atoms with E-state index in [2.05, 4.69) is 39.4 Å². The molecule has 0 saturated carbocycles. The summed E-state index contributed by atoms with van der Waals surface area (Å²) in [6, 6.07) is 21.5. The van der Waals surface area contributed by atoms with E-state index in [0.717, 1.165) is 34.3 Å². The average molecular weight is 493 g/mol. The molecule has 0 spiro atoms. The summed E-state index contributed by atoms with van der Waals surface area (Å²) in [6.45, 7) is 0. The molecule has 0 radical (unpaired) electrons. The minimum atomic E-state index is -0.153. The lowest BCUT2D eigenvalue weighted by molar-refractivity contribution is -0.115. The summed E-state index contributed by atoms with van der Waals surface area (Å²) in [5, 5.41) is 2.88. The first-order chi connectivity index (χ1) is 15.1. The van der Waals surface area contributed by atoms with Gasteiger partial charge in [0.15, 0.2) is 0 Å². The molecule has 1 aliphatic heterocycles. The smallest absolute Gasteiger partial charge is 0.255 e. The summed E-state index contributed by atoms with van der Waals surface area (Å²) in [6.07, 6.45) is 3.42. The molecule has 6 heteroatoms. The second-order valence-electron chi connectivity index (χ2n) is 7.82. The van der Waals surface area contributed by atoms with E-state index in [4.69, 9.17) is 0 Å².